The normalized spacial score (nSPS) is 11.5. The Balaban J connectivity index is 0.00000338. The first-order valence-corrected chi connectivity index (χ1v) is 8.39. The van der Waals surface area contributed by atoms with Gasteiger partial charge in [0, 0.05) is 32.8 Å². The monoisotopic (exact) mass is 339 g/mol. The van der Waals surface area contributed by atoms with E-state index in [9.17, 15) is 4.79 Å². The molecule has 1 unspecified atom stereocenters. The summed E-state index contributed by atoms with van der Waals surface area (Å²) in [4.78, 5) is 23.1. The lowest BCUT2D eigenvalue weighted by Gasteiger charge is -2.18. The first-order chi connectivity index (χ1) is 12.0. The summed E-state index contributed by atoms with van der Waals surface area (Å²) in [5.74, 6) is 0.362. The minimum atomic E-state index is -0.128. The molecule has 0 fully saturated rings. The Kier molecular flexibility index (Phi) is 6.07. The fourth-order valence-electron chi connectivity index (χ4n) is 2.20. The summed E-state index contributed by atoms with van der Waals surface area (Å²) in [6.07, 6.45) is 2.51. The van der Waals surface area contributed by atoms with E-state index in [-0.39, 0.29) is 13.4 Å². The van der Waals surface area contributed by atoms with Gasteiger partial charge in [0.05, 0.1) is 22.9 Å². The third kappa shape index (κ3) is 4.32. The lowest BCUT2D eigenvalue weighted by Crippen LogP contribution is -2.27. The molecular weight excluding hydrogens is 314 g/mol. The number of carbonyl (C=O) groups excluding carboxylic acids is 1. The topological polar surface area (TPSA) is 81.9 Å². The van der Waals surface area contributed by atoms with E-state index < -0.39 is 0 Å². The first-order valence-electron chi connectivity index (χ1n) is 8.39. The van der Waals surface area contributed by atoms with Gasteiger partial charge in [0.2, 0.25) is 5.95 Å². The van der Waals surface area contributed by atoms with Gasteiger partial charge in [0.1, 0.15) is 0 Å². The lowest BCUT2D eigenvalue weighted by atomic mass is 10.0. The van der Waals surface area contributed by atoms with Crippen LogP contribution in [-0.2, 0) is 0 Å². The van der Waals surface area contributed by atoms with E-state index in [0.717, 1.165) is 12.0 Å². The van der Waals surface area contributed by atoms with Crippen LogP contribution in [0.1, 0.15) is 44.5 Å². The van der Waals surface area contributed by atoms with Crippen molar-refractivity contribution in [2.75, 3.05) is 18.9 Å². The molecule has 0 saturated heterocycles. The van der Waals surface area contributed by atoms with Crippen LogP contribution in [0, 0.1) is 11.3 Å². The Morgan fingerprint density at radius 1 is 1.36 bits per heavy atom. The van der Waals surface area contributed by atoms with Crippen molar-refractivity contribution in [1.82, 2.24) is 14.9 Å². The molecule has 25 heavy (non-hydrogen) atoms. The molecule has 1 atom stereocenters. The molecule has 0 aliphatic carbocycles. The standard InChI is InChI=1S/C19H23N5O.H2/c1-5-13(3)22-19-21-12-16(18(25)24(4)6-2)17(23-19)15-9-7-14(11-20)8-10-15;/h7-10,12-13H,5-6H2,1-4H3,(H,21,22,23);1H. The summed E-state index contributed by atoms with van der Waals surface area (Å²) in [5.41, 5.74) is 2.36. The summed E-state index contributed by atoms with van der Waals surface area (Å²) in [6.45, 7) is 6.64. The van der Waals surface area contributed by atoms with Crippen molar-refractivity contribution in [2.24, 2.45) is 0 Å². The number of hydrogen-bond acceptors (Lipinski definition) is 5. The minimum Gasteiger partial charge on any atom is -0.352 e. The Labute approximate surface area is 150 Å². The van der Waals surface area contributed by atoms with Crippen molar-refractivity contribution in [2.45, 2.75) is 33.2 Å². The third-order valence-electron chi connectivity index (χ3n) is 4.12. The van der Waals surface area contributed by atoms with E-state index in [1.807, 2.05) is 6.92 Å². The van der Waals surface area contributed by atoms with Gasteiger partial charge >= 0.3 is 0 Å². The number of benzene rings is 1. The Hall–Kier alpha value is -2.94. The predicted octanol–water partition coefficient (Wildman–Crippen LogP) is 3.56. The molecule has 0 bridgehead atoms. The highest BCUT2D eigenvalue weighted by atomic mass is 16.2. The fourth-order valence-corrected chi connectivity index (χ4v) is 2.20. The first kappa shape index (κ1) is 18.4. The van der Waals surface area contributed by atoms with Crippen molar-refractivity contribution in [3.05, 3.63) is 41.6 Å². The number of amides is 1. The van der Waals surface area contributed by atoms with Gasteiger partial charge in [-0.1, -0.05) is 19.1 Å². The summed E-state index contributed by atoms with van der Waals surface area (Å²) in [6, 6.07) is 9.37. The van der Waals surface area contributed by atoms with Gasteiger partial charge in [-0.2, -0.15) is 5.26 Å². The van der Waals surface area contributed by atoms with E-state index in [1.165, 1.54) is 0 Å². The molecule has 1 aromatic heterocycles. The summed E-state index contributed by atoms with van der Waals surface area (Å²) >= 11 is 0. The zero-order valence-electron chi connectivity index (χ0n) is 15.1. The SMILES string of the molecule is CCC(C)Nc1ncc(C(=O)N(C)CC)c(-c2ccc(C#N)cc2)n1.[HH]. The second-order valence-corrected chi connectivity index (χ2v) is 5.92. The van der Waals surface area contributed by atoms with Crippen molar-refractivity contribution < 1.29 is 6.22 Å². The van der Waals surface area contributed by atoms with Gasteiger partial charge in [-0.25, -0.2) is 9.97 Å². The molecule has 6 nitrogen and oxygen atoms in total. The molecule has 1 aromatic carbocycles. The Morgan fingerprint density at radius 3 is 2.60 bits per heavy atom. The highest BCUT2D eigenvalue weighted by Gasteiger charge is 2.19. The molecule has 0 spiro atoms. The van der Waals surface area contributed by atoms with Crippen LogP contribution < -0.4 is 5.32 Å². The average Bonchev–Trinajstić information content (AvgIpc) is 2.66. The number of nitrogens with zero attached hydrogens (tertiary/aromatic N) is 4. The molecule has 2 aromatic rings. The van der Waals surface area contributed by atoms with E-state index in [0.29, 0.717) is 29.3 Å². The summed E-state index contributed by atoms with van der Waals surface area (Å²) in [7, 11) is 1.75. The molecule has 132 valence electrons. The van der Waals surface area contributed by atoms with E-state index in [1.54, 1.807) is 42.4 Å². The average molecular weight is 339 g/mol. The molecule has 1 N–H and O–H groups in total. The van der Waals surface area contributed by atoms with E-state index in [2.05, 4.69) is 35.2 Å². The van der Waals surface area contributed by atoms with Crippen LogP contribution in [0.4, 0.5) is 5.95 Å². The number of nitrogens with one attached hydrogen (secondary N) is 1. The minimum absolute atomic E-state index is 0. The van der Waals surface area contributed by atoms with E-state index >= 15 is 0 Å². The zero-order chi connectivity index (χ0) is 18.4. The second-order valence-electron chi connectivity index (χ2n) is 5.92. The van der Waals surface area contributed by atoms with Crippen molar-refractivity contribution in [3.63, 3.8) is 0 Å². The summed E-state index contributed by atoms with van der Waals surface area (Å²) < 4.78 is 0. The molecule has 0 aliphatic rings. The van der Waals surface area contributed by atoms with Crippen LogP contribution in [0.15, 0.2) is 30.5 Å². The molecule has 2 rings (SSSR count). The van der Waals surface area contributed by atoms with Gasteiger partial charge in [0.25, 0.3) is 5.91 Å². The lowest BCUT2D eigenvalue weighted by molar-refractivity contribution is 0.0802. The maximum atomic E-state index is 12.7. The number of carbonyl (C=O) groups is 1. The quantitative estimate of drug-likeness (QED) is 0.870. The molecule has 0 aliphatic heterocycles. The maximum absolute atomic E-state index is 12.7. The van der Waals surface area contributed by atoms with Gasteiger partial charge in [-0.3, -0.25) is 4.79 Å². The second kappa shape index (κ2) is 8.25. The number of hydrogen-bond donors (Lipinski definition) is 1. The molecule has 6 heteroatoms. The number of rotatable bonds is 6. The van der Waals surface area contributed by atoms with Crippen LogP contribution >= 0.6 is 0 Å². The Morgan fingerprint density at radius 2 is 2.04 bits per heavy atom. The van der Waals surface area contributed by atoms with Crippen LogP contribution in [0.3, 0.4) is 0 Å². The van der Waals surface area contributed by atoms with Crippen LogP contribution in [0.2, 0.25) is 0 Å². The molecule has 1 amide bonds. The molecule has 0 radical (unpaired) electrons. The van der Waals surface area contributed by atoms with Crippen LogP contribution in [0.25, 0.3) is 11.3 Å². The van der Waals surface area contributed by atoms with E-state index in [4.69, 9.17) is 5.26 Å². The number of aromatic nitrogens is 2. The summed E-state index contributed by atoms with van der Waals surface area (Å²) in [5, 5.41) is 12.2. The number of nitriles is 1. The maximum Gasteiger partial charge on any atom is 0.257 e. The largest absolute Gasteiger partial charge is 0.352 e. The molecule has 1 heterocycles. The molecular formula is C19H25N5O. The predicted molar refractivity (Wildman–Crippen MR) is 100 cm³/mol. The Bertz CT molecular complexity index is 786. The third-order valence-corrected chi connectivity index (χ3v) is 4.12. The van der Waals surface area contributed by atoms with Crippen molar-refractivity contribution in [3.8, 4) is 17.3 Å². The fraction of sp³-hybridized carbons (Fsp3) is 0.368. The highest BCUT2D eigenvalue weighted by Crippen LogP contribution is 2.24. The van der Waals surface area contributed by atoms with Crippen LogP contribution in [0.5, 0.6) is 0 Å². The van der Waals surface area contributed by atoms with Gasteiger partial charge in [-0.05, 0) is 32.4 Å². The highest BCUT2D eigenvalue weighted by molar-refractivity contribution is 5.99. The van der Waals surface area contributed by atoms with Crippen molar-refractivity contribution in [1.29, 1.82) is 5.26 Å². The van der Waals surface area contributed by atoms with Gasteiger partial charge in [-0.15, -0.1) is 0 Å². The van der Waals surface area contributed by atoms with Crippen LogP contribution in [-0.4, -0.2) is 40.4 Å². The number of anilines is 1. The van der Waals surface area contributed by atoms with Crippen molar-refractivity contribution >= 4 is 11.9 Å². The smallest absolute Gasteiger partial charge is 0.257 e. The zero-order valence-corrected chi connectivity index (χ0v) is 15.1. The molecule has 0 saturated carbocycles. The van der Waals surface area contributed by atoms with Gasteiger partial charge < -0.3 is 10.2 Å². The van der Waals surface area contributed by atoms with Gasteiger partial charge in [0.15, 0.2) is 0 Å².